The summed E-state index contributed by atoms with van der Waals surface area (Å²) in [5.41, 5.74) is 2.42. The highest BCUT2D eigenvalue weighted by molar-refractivity contribution is 6.11. The minimum absolute atomic E-state index is 0.299. The van der Waals surface area contributed by atoms with Crippen molar-refractivity contribution in [1.82, 2.24) is 10.3 Å². The number of Topliss-reactive ketones (excluding diaryl/α,β-unsaturated/α-hetero) is 1. The lowest BCUT2D eigenvalue weighted by Gasteiger charge is -2.13. The lowest BCUT2D eigenvalue weighted by atomic mass is 10.0. The van der Waals surface area contributed by atoms with E-state index < -0.39 is 18.0 Å². The van der Waals surface area contributed by atoms with Gasteiger partial charge in [-0.15, -0.1) is 0 Å². The van der Waals surface area contributed by atoms with Gasteiger partial charge in [-0.05, 0) is 38.1 Å². The molecule has 29 heavy (non-hydrogen) atoms. The minimum Gasteiger partial charge on any atom is -0.497 e. The molecule has 0 saturated heterocycles. The molecule has 0 spiro atoms. The molecule has 0 bridgehead atoms. The Balaban J connectivity index is 1.60. The van der Waals surface area contributed by atoms with E-state index in [0.29, 0.717) is 22.6 Å². The summed E-state index contributed by atoms with van der Waals surface area (Å²) in [6.45, 7) is 2.97. The number of nitrogens with one attached hydrogen (secondary N) is 2. The number of hydrogen-bond acceptors (Lipinski definition) is 5. The van der Waals surface area contributed by atoms with Crippen LogP contribution in [0.1, 0.15) is 33.3 Å². The van der Waals surface area contributed by atoms with Gasteiger partial charge in [-0.25, -0.2) is 0 Å². The zero-order valence-corrected chi connectivity index (χ0v) is 16.4. The lowest BCUT2D eigenvalue weighted by molar-refractivity contribution is -0.145. The molecule has 0 unspecified atom stereocenters. The number of amides is 1. The molecule has 7 heteroatoms. The molecule has 0 aliphatic carbocycles. The second kappa shape index (κ2) is 8.60. The van der Waals surface area contributed by atoms with Crippen LogP contribution in [0.15, 0.2) is 48.5 Å². The Labute approximate surface area is 168 Å². The standard InChI is InChI=1S/C22H22N2O5/c1-13-20(17-9-4-5-10-18(17)24-13)21(26)14(2)29-19(25)12-23-22(27)15-7-6-8-16(11-15)28-3/h4-11,14,24H,12H2,1-3H3,(H,23,27)/t14-/m1/s1. The van der Waals surface area contributed by atoms with E-state index in [9.17, 15) is 14.4 Å². The number of esters is 1. The van der Waals surface area contributed by atoms with E-state index in [0.717, 1.165) is 10.9 Å². The number of H-pyrrole nitrogens is 1. The quantitative estimate of drug-likeness (QED) is 0.474. The molecule has 1 amide bonds. The summed E-state index contributed by atoms with van der Waals surface area (Å²) >= 11 is 0. The Morgan fingerprint density at radius 3 is 2.62 bits per heavy atom. The minimum atomic E-state index is -0.978. The summed E-state index contributed by atoms with van der Waals surface area (Å²) in [6, 6.07) is 14.0. The van der Waals surface area contributed by atoms with Crippen LogP contribution >= 0.6 is 0 Å². The number of ether oxygens (including phenoxy) is 2. The third kappa shape index (κ3) is 4.45. The van der Waals surface area contributed by atoms with Gasteiger partial charge in [0.1, 0.15) is 12.3 Å². The van der Waals surface area contributed by atoms with Crippen molar-refractivity contribution in [2.75, 3.05) is 13.7 Å². The van der Waals surface area contributed by atoms with Gasteiger partial charge in [-0.2, -0.15) is 0 Å². The smallest absolute Gasteiger partial charge is 0.326 e. The van der Waals surface area contributed by atoms with E-state index in [4.69, 9.17) is 9.47 Å². The molecule has 1 heterocycles. The van der Waals surface area contributed by atoms with Crippen molar-refractivity contribution >= 4 is 28.6 Å². The van der Waals surface area contributed by atoms with Gasteiger partial charge in [0.15, 0.2) is 6.10 Å². The molecule has 2 aromatic carbocycles. The van der Waals surface area contributed by atoms with Gasteiger partial charge in [0.2, 0.25) is 5.78 Å². The Morgan fingerprint density at radius 2 is 1.86 bits per heavy atom. The molecule has 3 rings (SSSR count). The van der Waals surface area contributed by atoms with E-state index in [1.54, 1.807) is 31.2 Å². The van der Waals surface area contributed by atoms with Crippen LogP contribution in [0.2, 0.25) is 0 Å². The highest BCUT2D eigenvalue weighted by atomic mass is 16.5. The van der Waals surface area contributed by atoms with Gasteiger partial charge in [0.05, 0.1) is 7.11 Å². The molecule has 7 nitrogen and oxygen atoms in total. The highest BCUT2D eigenvalue weighted by Gasteiger charge is 2.24. The Kier molecular flexibility index (Phi) is 5.97. The molecular formula is C22H22N2O5. The van der Waals surface area contributed by atoms with E-state index in [-0.39, 0.29) is 12.3 Å². The maximum Gasteiger partial charge on any atom is 0.326 e. The zero-order valence-electron chi connectivity index (χ0n) is 16.4. The van der Waals surface area contributed by atoms with Gasteiger partial charge in [0.25, 0.3) is 5.91 Å². The van der Waals surface area contributed by atoms with Crippen molar-refractivity contribution in [2.24, 2.45) is 0 Å². The second-order valence-electron chi connectivity index (χ2n) is 6.58. The van der Waals surface area contributed by atoms with Crippen LogP contribution in [0, 0.1) is 6.92 Å². The lowest BCUT2D eigenvalue weighted by Crippen LogP contribution is -2.34. The molecule has 3 aromatic rings. The number of rotatable bonds is 7. The molecule has 0 saturated carbocycles. The van der Waals surface area contributed by atoms with Gasteiger partial charge >= 0.3 is 5.97 Å². The maximum absolute atomic E-state index is 12.8. The number of carbonyl (C=O) groups is 3. The number of carbonyl (C=O) groups excluding carboxylic acids is 3. The van der Waals surface area contributed by atoms with Crippen molar-refractivity contribution in [3.05, 3.63) is 65.4 Å². The average Bonchev–Trinajstić information content (AvgIpc) is 3.07. The van der Waals surface area contributed by atoms with Crippen LogP contribution in [-0.2, 0) is 9.53 Å². The molecule has 2 N–H and O–H groups in total. The number of fused-ring (bicyclic) bond motifs is 1. The first-order valence-corrected chi connectivity index (χ1v) is 9.14. The predicted molar refractivity (Wildman–Crippen MR) is 108 cm³/mol. The van der Waals surface area contributed by atoms with Crippen molar-refractivity contribution in [1.29, 1.82) is 0 Å². The summed E-state index contributed by atoms with van der Waals surface area (Å²) in [6.07, 6.45) is -0.978. The average molecular weight is 394 g/mol. The maximum atomic E-state index is 12.8. The summed E-state index contributed by atoms with van der Waals surface area (Å²) in [5.74, 6) is -0.896. The molecule has 0 aliphatic rings. The van der Waals surface area contributed by atoms with Gasteiger partial charge < -0.3 is 19.8 Å². The van der Waals surface area contributed by atoms with Gasteiger partial charge in [0, 0.05) is 27.7 Å². The first-order chi connectivity index (χ1) is 13.9. The molecule has 0 fully saturated rings. The molecular weight excluding hydrogens is 372 g/mol. The van der Waals surface area contributed by atoms with Crippen molar-refractivity contribution in [2.45, 2.75) is 20.0 Å². The zero-order chi connectivity index (χ0) is 21.0. The normalized spacial score (nSPS) is 11.7. The molecule has 1 aromatic heterocycles. The van der Waals surface area contributed by atoms with Crippen LogP contribution in [0.5, 0.6) is 5.75 Å². The summed E-state index contributed by atoms with van der Waals surface area (Å²) in [4.78, 5) is 40.2. The summed E-state index contributed by atoms with van der Waals surface area (Å²) in [5, 5.41) is 3.27. The highest BCUT2D eigenvalue weighted by Crippen LogP contribution is 2.23. The van der Waals surface area contributed by atoms with Crippen molar-refractivity contribution in [3.8, 4) is 5.75 Å². The SMILES string of the molecule is COc1cccc(C(=O)NCC(=O)O[C@H](C)C(=O)c2c(C)[nH]c3ccccc23)c1. The molecule has 1 atom stereocenters. The Morgan fingerprint density at radius 1 is 1.10 bits per heavy atom. The first-order valence-electron chi connectivity index (χ1n) is 9.14. The number of methoxy groups -OCH3 is 1. The number of ketones is 1. The van der Waals surface area contributed by atoms with Gasteiger partial charge in [-0.3, -0.25) is 14.4 Å². The van der Waals surface area contributed by atoms with E-state index >= 15 is 0 Å². The number of para-hydroxylation sites is 1. The van der Waals surface area contributed by atoms with Crippen LogP contribution in [0.25, 0.3) is 10.9 Å². The van der Waals surface area contributed by atoms with Crippen LogP contribution in [-0.4, -0.2) is 42.4 Å². The molecule has 0 aliphatic heterocycles. The van der Waals surface area contributed by atoms with Crippen LogP contribution in [0.4, 0.5) is 0 Å². The van der Waals surface area contributed by atoms with E-state index in [2.05, 4.69) is 10.3 Å². The Bertz CT molecular complexity index is 1070. The molecule has 0 radical (unpaired) electrons. The molecule has 150 valence electrons. The number of aromatic amines is 1. The van der Waals surface area contributed by atoms with Crippen molar-refractivity contribution < 1.29 is 23.9 Å². The number of aryl methyl sites for hydroxylation is 1. The van der Waals surface area contributed by atoms with E-state index in [1.807, 2.05) is 24.3 Å². The summed E-state index contributed by atoms with van der Waals surface area (Å²) < 4.78 is 10.3. The van der Waals surface area contributed by atoms with Gasteiger partial charge in [-0.1, -0.05) is 24.3 Å². The first kappa shape index (κ1) is 20.1. The number of hydrogen-bond donors (Lipinski definition) is 2. The fourth-order valence-electron chi connectivity index (χ4n) is 3.11. The van der Waals surface area contributed by atoms with Crippen LogP contribution < -0.4 is 10.1 Å². The Hall–Kier alpha value is -3.61. The van der Waals surface area contributed by atoms with Crippen molar-refractivity contribution in [3.63, 3.8) is 0 Å². The topological polar surface area (TPSA) is 97.5 Å². The third-order valence-corrected chi connectivity index (χ3v) is 4.54. The third-order valence-electron chi connectivity index (χ3n) is 4.54. The second-order valence-corrected chi connectivity index (χ2v) is 6.58. The predicted octanol–water partition coefficient (Wildman–Crippen LogP) is 3.03. The summed E-state index contributed by atoms with van der Waals surface area (Å²) in [7, 11) is 1.50. The number of aromatic nitrogens is 1. The fraction of sp³-hybridized carbons (Fsp3) is 0.227. The fourth-order valence-corrected chi connectivity index (χ4v) is 3.11. The monoisotopic (exact) mass is 394 g/mol. The number of benzene rings is 2. The van der Waals surface area contributed by atoms with E-state index in [1.165, 1.54) is 14.0 Å². The van der Waals surface area contributed by atoms with Crippen LogP contribution in [0.3, 0.4) is 0 Å². The largest absolute Gasteiger partial charge is 0.497 e.